The van der Waals surface area contributed by atoms with Crippen LogP contribution in [0.5, 0.6) is 0 Å². The first kappa shape index (κ1) is 11.0. The highest BCUT2D eigenvalue weighted by molar-refractivity contribution is 5.14. The molecule has 84 valence electrons. The molecule has 0 aromatic heterocycles. The maximum Gasteiger partial charge on any atom is 0.0860 e. The van der Waals surface area contributed by atoms with Crippen LogP contribution in [0.2, 0.25) is 0 Å². The van der Waals surface area contributed by atoms with Crippen molar-refractivity contribution in [2.45, 2.75) is 58.0 Å². The van der Waals surface area contributed by atoms with Crippen LogP contribution in [0.4, 0.5) is 0 Å². The fourth-order valence-corrected chi connectivity index (χ4v) is 3.08. The van der Waals surface area contributed by atoms with E-state index in [2.05, 4.69) is 13.0 Å². The van der Waals surface area contributed by atoms with Gasteiger partial charge in [-0.1, -0.05) is 19.8 Å². The third-order valence-corrected chi connectivity index (χ3v) is 4.39. The molecule has 2 aliphatic carbocycles. The summed E-state index contributed by atoms with van der Waals surface area (Å²) in [7, 11) is 0. The van der Waals surface area contributed by atoms with Crippen molar-refractivity contribution >= 4 is 0 Å². The van der Waals surface area contributed by atoms with Crippen LogP contribution in [0.25, 0.3) is 0 Å². The molecule has 0 heterocycles. The van der Waals surface area contributed by atoms with Crippen LogP contribution in [-0.2, 0) is 0 Å². The van der Waals surface area contributed by atoms with Crippen LogP contribution < -0.4 is 0 Å². The van der Waals surface area contributed by atoms with E-state index >= 15 is 0 Å². The standard InChI is InChI=1S/C13H21NO/c1-10-5-6-13(7-10,9-14)12(2,15)8-11-3-4-11/h10-11,15H,3-8H2,1-2H3. The Kier molecular flexibility index (Phi) is 2.55. The molecule has 0 saturated heterocycles. The summed E-state index contributed by atoms with van der Waals surface area (Å²) in [5.74, 6) is 1.27. The Morgan fingerprint density at radius 1 is 1.47 bits per heavy atom. The summed E-state index contributed by atoms with van der Waals surface area (Å²) >= 11 is 0. The predicted octanol–water partition coefficient (Wildman–Crippen LogP) is 2.87. The molecule has 15 heavy (non-hydrogen) atoms. The molecule has 0 aromatic rings. The van der Waals surface area contributed by atoms with Gasteiger partial charge in [0.25, 0.3) is 0 Å². The highest BCUT2D eigenvalue weighted by Crippen LogP contribution is 2.52. The van der Waals surface area contributed by atoms with Crippen molar-refractivity contribution in [1.29, 1.82) is 5.26 Å². The summed E-state index contributed by atoms with van der Waals surface area (Å²) < 4.78 is 0. The molecule has 0 spiro atoms. The van der Waals surface area contributed by atoms with Gasteiger partial charge in [-0.3, -0.25) is 0 Å². The third-order valence-electron chi connectivity index (χ3n) is 4.39. The van der Waals surface area contributed by atoms with Gasteiger partial charge in [0.15, 0.2) is 0 Å². The van der Waals surface area contributed by atoms with Crippen LogP contribution in [0, 0.1) is 28.6 Å². The van der Waals surface area contributed by atoms with E-state index < -0.39 is 11.0 Å². The van der Waals surface area contributed by atoms with Crippen molar-refractivity contribution < 1.29 is 5.11 Å². The zero-order valence-corrected chi connectivity index (χ0v) is 9.79. The number of hydrogen-bond donors (Lipinski definition) is 1. The lowest BCUT2D eigenvalue weighted by Gasteiger charge is -2.37. The summed E-state index contributed by atoms with van der Waals surface area (Å²) in [6.07, 6.45) is 6.16. The van der Waals surface area contributed by atoms with Crippen LogP contribution in [0.3, 0.4) is 0 Å². The van der Waals surface area contributed by atoms with Gasteiger partial charge in [0.1, 0.15) is 0 Å². The van der Waals surface area contributed by atoms with Gasteiger partial charge in [0, 0.05) is 0 Å². The van der Waals surface area contributed by atoms with Gasteiger partial charge < -0.3 is 5.11 Å². The van der Waals surface area contributed by atoms with Crippen molar-refractivity contribution in [3.05, 3.63) is 0 Å². The fraction of sp³-hybridized carbons (Fsp3) is 0.923. The van der Waals surface area contributed by atoms with Crippen molar-refractivity contribution in [3.63, 3.8) is 0 Å². The lowest BCUT2D eigenvalue weighted by Crippen LogP contribution is -2.44. The normalized spacial score (nSPS) is 39.7. The average molecular weight is 207 g/mol. The second-order valence-electron chi connectivity index (χ2n) is 5.96. The van der Waals surface area contributed by atoms with E-state index in [0.29, 0.717) is 11.8 Å². The van der Waals surface area contributed by atoms with Crippen LogP contribution in [0.1, 0.15) is 52.4 Å². The van der Waals surface area contributed by atoms with Crippen molar-refractivity contribution in [1.82, 2.24) is 0 Å². The first-order chi connectivity index (χ1) is 6.99. The smallest absolute Gasteiger partial charge is 0.0860 e. The summed E-state index contributed by atoms with van der Waals surface area (Å²) in [6, 6.07) is 2.43. The van der Waals surface area contributed by atoms with Crippen LogP contribution >= 0.6 is 0 Å². The SMILES string of the molecule is CC1CCC(C#N)(C(C)(O)CC2CC2)C1. The fourth-order valence-electron chi connectivity index (χ4n) is 3.08. The summed E-state index contributed by atoms with van der Waals surface area (Å²) in [4.78, 5) is 0. The first-order valence-electron chi connectivity index (χ1n) is 6.13. The Bertz CT molecular complexity index is 287. The molecular weight excluding hydrogens is 186 g/mol. The molecule has 0 bridgehead atoms. The third kappa shape index (κ3) is 1.90. The predicted molar refractivity (Wildman–Crippen MR) is 59.0 cm³/mol. The van der Waals surface area contributed by atoms with E-state index in [4.69, 9.17) is 0 Å². The Hall–Kier alpha value is -0.550. The van der Waals surface area contributed by atoms with Gasteiger partial charge in [0.2, 0.25) is 0 Å². The maximum atomic E-state index is 10.6. The number of rotatable bonds is 3. The topological polar surface area (TPSA) is 44.0 Å². The average Bonchev–Trinajstić information content (AvgIpc) is 2.86. The number of hydrogen-bond acceptors (Lipinski definition) is 2. The number of aliphatic hydroxyl groups is 1. The summed E-state index contributed by atoms with van der Waals surface area (Å²) in [5, 5.41) is 20.0. The van der Waals surface area contributed by atoms with Crippen molar-refractivity contribution in [2.75, 3.05) is 0 Å². The quantitative estimate of drug-likeness (QED) is 0.773. The van der Waals surface area contributed by atoms with Gasteiger partial charge in [-0.25, -0.2) is 0 Å². The lowest BCUT2D eigenvalue weighted by molar-refractivity contribution is -0.0490. The van der Waals surface area contributed by atoms with Gasteiger partial charge in [-0.2, -0.15) is 5.26 Å². The summed E-state index contributed by atoms with van der Waals surface area (Å²) in [5.41, 5.74) is -1.23. The summed E-state index contributed by atoms with van der Waals surface area (Å²) in [6.45, 7) is 4.07. The molecule has 1 N–H and O–H groups in total. The van der Waals surface area contributed by atoms with Crippen molar-refractivity contribution in [3.8, 4) is 6.07 Å². The molecule has 2 aliphatic rings. The second kappa shape index (κ2) is 3.49. The minimum atomic E-state index is -0.770. The lowest BCUT2D eigenvalue weighted by atomic mass is 9.69. The molecular formula is C13H21NO. The Balaban J connectivity index is 2.13. The monoisotopic (exact) mass is 207 g/mol. The molecule has 3 unspecified atom stereocenters. The maximum absolute atomic E-state index is 10.6. The molecule has 3 atom stereocenters. The molecule has 2 rings (SSSR count). The Morgan fingerprint density at radius 3 is 2.53 bits per heavy atom. The molecule has 0 amide bonds. The van der Waals surface area contributed by atoms with E-state index in [1.165, 1.54) is 12.8 Å². The molecule has 2 saturated carbocycles. The van der Waals surface area contributed by atoms with E-state index in [9.17, 15) is 10.4 Å². The van der Waals surface area contributed by atoms with Gasteiger partial charge in [0.05, 0.1) is 17.1 Å². The van der Waals surface area contributed by atoms with E-state index in [-0.39, 0.29) is 0 Å². The minimum Gasteiger partial charge on any atom is -0.389 e. The number of nitriles is 1. The zero-order chi connectivity index (χ0) is 11.1. The largest absolute Gasteiger partial charge is 0.389 e. The van der Waals surface area contributed by atoms with Crippen LogP contribution in [-0.4, -0.2) is 10.7 Å². The highest BCUT2D eigenvalue weighted by Gasteiger charge is 2.52. The van der Waals surface area contributed by atoms with Gasteiger partial charge >= 0.3 is 0 Å². The molecule has 2 fully saturated rings. The molecule has 0 aromatic carbocycles. The molecule has 0 radical (unpaired) electrons. The van der Waals surface area contributed by atoms with E-state index in [0.717, 1.165) is 25.7 Å². The second-order valence-corrected chi connectivity index (χ2v) is 5.96. The highest BCUT2D eigenvalue weighted by atomic mass is 16.3. The van der Waals surface area contributed by atoms with E-state index in [1.807, 2.05) is 6.92 Å². The van der Waals surface area contributed by atoms with E-state index in [1.54, 1.807) is 0 Å². The van der Waals surface area contributed by atoms with Gasteiger partial charge in [-0.05, 0) is 44.4 Å². The molecule has 2 nitrogen and oxygen atoms in total. The molecule has 2 heteroatoms. The Labute approximate surface area is 92.3 Å². The number of nitrogens with zero attached hydrogens (tertiary/aromatic N) is 1. The first-order valence-corrected chi connectivity index (χ1v) is 6.13. The van der Waals surface area contributed by atoms with Crippen LogP contribution in [0.15, 0.2) is 0 Å². The van der Waals surface area contributed by atoms with Gasteiger partial charge in [-0.15, -0.1) is 0 Å². The zero-order valence-electron chi connectivity index (χ0n) is 9.79. The minimum absolute atomic E-state index is 0.463. The van der Waals surface area contributed by atoms with Crippen molar-refractivity contribution in [2.24, 2.45) is 17.3 Å². The molecule has 0 aliphatic heterocycles. The Morgan fingerprint density at radius 2 is 2.13 bits per heavy atom.